The average molecular weight is 615 g/mol. The van der Waals surface area contributed by atoms with Crippen LogP contribution in [-0.4, -0.2) is 95.6 Å². The summed E-state index contributed by atoms with van der Waals surface area (Å²) in [4.78, 5) is 47.6. The number of thiazole rings is 1. The van der Waals surface area contributed by atoms with E-state index in [0.717, 1.165) is 16.1 Å². The number of nitrogens with zero attached hydrogens (tertiary/aromatic N) is 6. The number of aromatic nitrogens is 4. The van der Waals surface area contributed by atoms with Crippen LogP contribution in [0.25, 0.3) is 0 Å². The molecule has 41 heavy (non-hydrogen) atoms. The number of β-lactam (4-membered cyclic amide) rings is 1. The van der Waals surface area contributed by atoms with E-state index in [1.54, 1.807) is 0 Å². The fraction of sp³-hybridized carbons (Fsp3) is 0.571. The number of carboxylic acids is 1. The molecule has 2 atom stereocenters. The van der Waals surface area contributed by atoms with E-state index in [2.05, 4.69) is 31.0 Å². The molecule has 3 heterocycles. The van der Waals surface area contributed by atoms with Crippen LogP contribution < -0.4 is 22.1 Å². The van der Waals surface area contributed by atoms with Gasteiger partial charge in [0.1, 0.15) is 17.8 Å². The van der Waals surface area contributed by atoms with Crippen LogP contribution in [0.5, 0.6) is 0 Å². The maximum absolute atomic E-state index is 13.2. The summed E-state index contributed by atoms with van der Waals surface area (Å²) in [5, 5.41) is 28.4. The Morgan fingerprint density at radius 3 is 2.63 bits per heavy atom. The van der Waals surface area contributed by atoms with Crippen LogP contribution in [0.15, 0.2) is 16.7 Å². The van der Waals surface area contributed by atoms with Gasteiger partial charge in [-0.1, -0.05) is 5.16 Å². The highest BCUT2D eigenvalue weighted by atomic mass is 32.2. The second kappa shape index (κ2) is 11.3. The lowest BCUT2D eigenvalue weighted by molar-refractivity contribution is -0.153. The van der Waals surface area contributed by atoms with Gasteiger partial charge < -0.3 is 32.0 Å². The first-order valence-corrected chi connectivity index (χ1v) is 14.6. The van der Waals surface area contributed by atoms with E-state index in [1.165, 1.54) is 11.6 Å². The molecule has 8 N–H and O–H groups in total. The highest BCUT2D eigenvalue weighted by Crippen LogP contribution is 2.40. The standard InChI is InChI=1S/C21H30N10O8S2/c1-20(2,23)5-6-24-7-11-8-25-30(28-11)9-13-15(17(33)31(13)41(36,37)38)27-16(32)14(12-10-40-19(22)26-12)29-39-21(3-4-21)18(34)35/h8,10,13,15,24H,3-7,9,23H2,1-2H3,(H2,22,26)(H,27,32)(H,34,35)(H,36,37,38)/t13-,15+/m1/s1. The van der Waals surface area contributed by atoms with Crippen molar-refractivity contribution in [3.63, 3.8) is 0 Å². The highest BCUT2D eigenvalue weighted by molar-refractivity contribution is 7.84. The molecular weight excluding hydrogens is 584 g/mol. The van der Waals surface area contributed by atoms with E-state index in [4.69, 9.17) is 16.3 Å². The Morgan fingerprint density at radius 1 is 1.37 bits per heavy atom. The molecule has 2 fully saturated rings. The van der Waals surface area contributed by atoms with Gasteiger partial charge in [-0.05, 0) is 26.8 Å². The van der Waals surface area contributed by atoms with Crippen molar-refractivity contribution in [2.75, 3.05) is 12.3 Å². The quantitative estimate of drug-likeness (QED) is 0.0445. The molecule has 0 radical (unpaired) electrons. The minimum absolute atomic E-state index is 0.0509. The molecule has 0 bridgehead atoms. The zero-order chi connectivity index (χ0) is 30.2. The molecule has 1 aliphatic heterocycles. The van der Waals surface area contributed by atoms with Crippen molar-refractivity contribution in [2.24, 2.45) is 10.9 Å². The molecule has 20 heteroatoms. The van der Waals surface area contributed by atoms with Gasteiger partial charge in [0, 0.05) is 30.3 Å². The molecule has 4 rings (SSSR count). The zero-order valence-electron chi connectivity index (χ0n) is 22.1. The Morgan fingerprint density at radius 2 is 2.07 bits per heavy atom. The number of rotatable bonds is 14. The first-order valence-electron chi connectivity index (χ1n) is 12.3. The van der Waals surface area contributed by atoms with Crippen molar-refractivity contribution in [2.45, 2.75) is 69.4 Å². The molecule has 0 spiro atoms. The van der Waals surface area contributed by atoms with Crippen LogP contribution in [0.2, 0.25) is 0 Å². The Kier molecular flexibility index (Phi) is 8.32. The topological polar surface area (TPSA) is 270 Å². The summed E-state index contributed by atoms with van der Waals surface area (Å²) in [6.45, 7) is 4.45. The number of nitrogens with two attached hydrogens (primary N) is 2. The molecule has 1 saturated heterocycles. The summed E-state index contributed by atoms with van der Waals surface area (Å²) >= 11 is 0.976. The van der Waals surface area contributed by atoms with Gasteiger partial charge in [-0.15, -0.1) is 11.3 Å². The van der Waals surface area contributed by atoms with Crippen molar-refractivity contribution in [1.29, 1.82) is 0 Å². The summed E-state index contributed by atoms with van der Waals surface area (Å²) in [7, 11) is -4.99. The smallest absolute Gasteiger partial charge is 0.362 e. The van der Waals surface area contributed by atoms with Gasteiger partial charge in [0.15, 0.2) is 10.8 Å². The molecule has 2 aromatic heterocycles. The Bertz CT molecular complexity index is 1460. The number of oxime groups is 1. The number of aliphatic carboxylic acids is 1. The van der Waals surface area contributed by atoms with Gasteiger partial charge in [-0.2, -0.15) is 23.4 Å². The predicted octanol–water partition coefficient (Wildman–Crippen LogP) is -1.93. The van der Waals surface area contributed by atoms with E-state index >= 15 is 0 Å². The molecule has 1 aliphatic carbocycles. The highest BCUT2D eigenvalue weighted by Gasteiger charge is 2.56. The van der Waals surface area contributed by atoms with Gasteiger partial charge in [-0.3, -0.25) is 14.1 Å². The largest absolute Gasteiger partial charge is 0.478 e. The Balaban J connectivity index is 1.49. The van der Waals surface area contributed by atoms with Crippen LogP contribution in [0.1, 0.15) is 44.5 Å². The molecule has 224 valence electrons. The van der Waals surface area contributed by atoms with Crippen LogP contribution in [0, 0.1) is 0 Å². The van der Waals surface area contributed by atoms with Gasteiger partial charge >= 0.3 is 16.3 Å². The zero-order valence-corrected chi connectivity index (χ0v) is 23.7. The second-order valence-electron chi connectivity index (χ2n) is 10.3. The fourth-order valence-corrected chi connectivity index (χ4v) is 5.26. The Hall–Kier alpha value is -3.72. The second-order valence-corrected chi connectivity index (χ2v) is 12.5. The first-order chi connectivity index (χ1) is 19.1. The van der Waals surface area contributed by atoms with Crippen molar-refractivity contribution in [1.82, 2.24) is 34.9 Å². The number of nitrogens with one attached hydrogen (secondary N) is 2. The van der Waals surface area contributed by atoms with E-state index in [1.807, 2.05) is 13.8 Å². The summed E-state index contributed by atoms with van der Waals surface area (Å²) < 4.78 is 33.7. The molecule has 0 unspecified atom stereocenters. The number of hydrogen-bond acceptors (Lipinski definition) is 14. The van der Waals surface area contributed by atoms with E-state index < -0.39 is 51.5 Å². The minimum atomic E-state index is -4.99. The van der Waals surface area contributed by atoms with Crippen molar-refractivity contribution in [3.05, 3.63) is 23.0 Å². The molecule has 1 saturated carbocycles. The van der Waals surface area contributed by atoms with Gasteiger partial charge in [0.05, 0.1) is 18.4 Å². The van der Waals surface area contributed by atoms with Gasteiger partial charge in [0.25, 0.3) is 11.8 Å². The molecule has 0 aromatic carbocycles. The van der Waals surface area contributed by atoms with Crippen LogP contribution in [0.3, 0.4) is 0 Å². The fourth-order valence-electron chi connectivity index (χ4n) is 3.84. The lowest BCUT2D eigenvalue weighted by Crippen LogP contribution is -2.73. The van der Waals surface area contributed by atoms with Crippen molar-refractivity contribution >= 4 is 50.3 Å². The SMILES string of the molecule is CC(C)(N)CCNCc1cnn(C[C@@H]2[C@H](NC(=O)C(=NOC3(C(=O)O)CC3)c3csc(N)n3)C(=O)N2S(=O)(=O)O)n1. The number of anilines is 1. The summed E-state index contributed by atoms with van der Waals surface area (Å²) in [6, 6.07) is -2.75. The normalized spacial score (nSPS) is 20.4. The van der Waals surface area contributed by atoms with E-state index in [-0.39, 0.29) is 40.1 Å². The lowest BCUT2D eigenvalue weighted by atomic mass is 9.98. The lowest BCUT2D eigenvalue weighted by Gasteiger charge is -2.43. The van der Waals surface area contributed by atoms with Crippen molar-refractivity contribution in [3.8, 4) is 0 Å². The van der Waals surface area contributed by atoms with Crippen LogP contribution in [0.4, 0.5) is 5.13 Å². The monoisotopic (exact) mass is 614 g/mol. The third-order valence-corrected chi connectivity index (χ3v) is 7.90. The third kappa shape index (κ3) is 7.14. The number of carbonyl (C=O) groups excluding carboxylic acids is 2. The molecular formula is C21H30N10O8S2. The van der Waals surface area contributed by atoms with E-state index in [0.29, 0.717) is 25.2 Å². The van der Waals surface area contributed by atoms with Gasteiger partial charge in [0.2, 0.25) is 5.60 Å². The number of carboxylic acid groups (broad SMARTS) is 1. The molecule has 2 amide bonds. The number of nitrogen functional groups attached to an aromatic ring is 1. The maximum Gasteiger partial charge on any atom is 0.362 e. The molecule has 18 nitrogen and oxygen atoms in total. The first kappa shape index (κ1) is 30.2. The molecule has 2 aliphatic rings. The van der Waals surface area contributed by atoms with Crippen molar-refractivity contribution < 1.29 is 37.3 Å². The maximum atomic E-state index is 13.2. The summed E-state index contributed by atoms with van der Waals surface area (Å²) in [6.07, 6.45) is 2.49. The predicted molar refractivity (Wildman–Crippen MR) is 142 cm³/mol. The molecule has 2 aromatic rings. The minimum Gasteiger partial charge on any atom is -0.478 e. The van der Waals surface area contributed by atoms with E-state index in [9.17, 15) is 32.5 Å². The Labute approximate surface area is 238 Å². The number of amides is 2. The number of carbonyl (C=O) groups is 3. The average Bonchev–Trinajstić information content (AvgIpc) is 3.33. The van der Waals surface area contributed by atoms with Crippen LogP contribution >= 0.6 is 11.3 Å². The third-order valence-electron chi connectivity index (χ3n) is 6.28. The van der Waals surface area contributed by atoms with Crippen LogP contribution in [-0.2, 0) is 42.6 Å². The van der Waals surface area contributed by atoms with Gasteiger partial charge in [-0.25, -0.2) is 14.1 Å². The summed E-state index contributed by atoms with van der Waals surface area (Å²) in [5.74, 6) is -3.40. The number of hydrogen-bond donors (Lipinski definition) is 6. The summed E-state index contributed by atoms with van der Waals surface area (Å²) in [5.41, 5.74) is 9.67.